The monoisotopic (exact) mass is 431 g/mol. The van der Waals surface area contributed by atoms with Gasteiger partial charge >= 0.3 is 0 Å². The lowest BCUT2D eigenvalue weighted by Gasteiger charge is -2.27. The summed E-state index contributed by atoms with van der Waals surface area (Å²) >= 11 is 0. The van der Waals surface area contributed by atoms with Crippen LogP contribution in [0, 0.1) is 0 Å². The van der Waals surface area contributed by atoms with E-state index in [2.05, 4.69) is 20.4 Å². The number of carbonyl (C=O) groups excluding carboxylic acids is 1. The van der Waals surface area contributed by atoms with Crippen LogP contribution < -0.4 is 15.1 Å². The number of anilines is 1. The maximum Gasteiger partial charge on any atom is 0.290 e. The molecule has 0 unspecified atom stereocenters. The molecule has 3 aromatic rings. The zero-order valence-corrected chi connectivity index (χ0v) is 17.9. The summed E-state index contributed by atoms with van der Waals surface area (Å²) in [6.07, 6.45) is 4.84. The number of methoxy groups -OCH3 is 1. The number of phenolic OH excluding ortho intramolecular Hbond substituents is 1. The molecule has 1 amide bonds. The average molecular weight is 431 g/mol. The largest absolute Gasteiger partial charge is 0.504 e. The number of nitrogens with zero attached hydrogens (tertiary/aromatic N) is 4. The van der Waals surface area contributed by atoms with Crippen LogP contribution in [-0.2, 0) is 0 Å². The second kappa shape index (κ2) is 9.91. The van der Waals surface area contributed by atoms with Crippen molar-refractivity contribution < 1.29 is 14.6 Å². The molecule has 0 saturated carbocycles. The topological polar surface area (TPSA) is 99.9 Å². The van der Waals surface area contributed by atoms with Crippen LogP contribution in [0.15, 0.2) is 59.7 Å². The van der Waals surface area contributed by atoms with Crippen LogP contribution in [-0.4, -0.2) is 47.4 Å². The Labute approximate surface area is 186 Å². The molecule has 1 fully saturated rings. The van der Waals surface area contributed by atoms with Gasteiger partial charge in [-0.2, -0.15) is 5.10 Å². The number of hydrogen-bond donors (Lipinski definition) is 2. The number of amides is 1. The predicted molar refractivity (Wildman–Crippen MR) is 123 cm³/mol. The first-order valence-corrected chi connectivity index (χ1v) is 10.5. The van der Waals surface area contributed by atoms with E-state index in [-0.39, 0.29) is 11.4 Å². The molecular formula is C24H25N5O3. The number of aromatic nitrogens is 2. The number of hydrazone groups is 1. The molecule has 4 rings (SSSR count). The zero-order valence-electron chi connectivity index (χ0n) is 17.9. The van der Waals surface area contributed by atoms with Crippen molar-refractivity contribution in [3.8, 4) is 22.8 Å². The van der Waals surface area contributed by atoms with Gasteiger partial charge in [0.2, 0.25) is 5.95 Å². The average Bonchev–Trinajstić information content (AvgIpc) is 2.85. The van der Waals surface area contributed by atoms with Gasteiger partial charge in [0.1, 0.15) is 5.69 Å². The zero-order chi connectivity index (χ0) is 22.3. The van der Waals surface area contributed by atoms with Gasteiger partial charge in [0, 0.05) is 18.7 Å². The number of nitrogens with one attached hydrogen (secondary N) is 1. The molecule has 2 heterocycles. The van der Waals surface area contributed by atoms with Crippen LogP contribution in [0.3, 0.4) is 0 Å². The van der Waals surface area contributed by atoms with Crippen LogP contribution >= 0.6 is 0 Å². The van der Waals surface area contributed by atoms with Gasteiger partial charge in [-0.3, -0.25) is 4.79 Å². The van der Waals surface area contributed by atoms with Crippen molar-refractivity contribution in [2.45, 2.75) is 19.3 Å². The third-order valence-electron chi connectivity index (χ3n) is 5.24. The lowest BCUT2D eigenvalue weighted by molar-refractivity contribution is 0.0950. The van der Waals surface area contributed by atoms with Gasteiger partial charge in [-0.15, -0.1) is 0 Å². The van der Waals surface area contributed by atoms with Crippen LogP contribution in [0.2, 0.25) is 0 Å². The van der Waals surface area contributed by atoms with E-state index in [0.29, 0.717) is 23.0 Å². The Balaban J connectivity index is 1.57. The van der Waals surface area contributed by atoms with Gasteiger partial charge in [0.15, 0.2) is 11.5 Å². The van der Waals surface area contributed by atoms with Crippen molar-refractivity contribution in [2.24, 2.45) is 5.10 Å². The molecule has 0 atom stereocenters. The number of hydrogen-bond acceptors (Lipinski definition) is 7. The van der Waals surface area contributed by atoms with Crippen molar-refractivity contribution in [1.82, 2.24) is 15.4 Å². The summed E-state index contributed by atoms with van der Waals surface area (Å²) in [5.41, 5.74) is 5.06. The maximum absolute atomic E-state index is 12.8. The van der Waals surface area contributed by atoms with Crippen LogP contribution in [0.5, 0.6) is 11.5 Å². The molecule has 8 nitrogen and oxygen atoms in total. The number of benzene rings is 2. The fraction of sp³-hybridized carbons (Fsp3) is 0.250. The summed E-state index contributed by atoms with van der Waals surface area (Å²) in [4.78, 5) is 24.2. The van der Waals surface area contributed by atoms with E-state index in [0.717, 1.165) is 31.5 Å². The molecule has 32 heavy (non-hydrogen) atoms. The van der Waals surface area contributed by atoms with Crippen molar-refractivity contribution in [1.29, 1.82) is 0 Å². The van der Waals surface area contributed by atoms with Crippen molar-refractivity contribution >= 4 is 18.1 Å². The Morgan fingerprint density at radius 2 is 1.88 bits per heavy atom. The molecule has 1 aliphatic rings. The van der Waals surface area contributed by atoms with Gasteiger partial charge in [-0.25, -0.2) is 15.4 Å². The second-order valence-electron chi connectivity index (χ2n) is 7.48. The van der Waals surface area contributed by atoms with E-state index in [1.807, 2.05) is 30.3 Å². The van der Waals surface area contributed by atoms with E-state index < -0.39 is 5.91 Å². The quantitative estimate of drug-likeness (QED) is 0.457. The number of aromatic hydroxyl groups is 1. The molecule has 1 aliphatic heterocycles. The number of ether oxygens (including phenoxy) is 1. The first-order chi connectivity index (χ1) is 15.6. The first-order valence-electron chi connectivity index (χ1n) is 10.5. The second-order valence-corrected chi connectivity index (χ2v) is 7.48. The maximum atomic E-state index is 12.8. The first kappa shape index (κ1) is 21.3. The summed E-state index contributed by atoms with van der Waals surface area (Å²) in [6, 6.07) is 16.2. The lowest BCUT2D eigenvalue weighted by atomic mass is 10.1. The number of carbonyl (C=O) groups is 1. The minimum absolute atomic E-state index is 0.0355. The third-order valence-corrected chi connectivity index (χ3v) is 5.24. The Kier molecular flexibility index (Phi) is 6.60. The number of piperidine rings is 1. The normalized spacial score (nSPS) is 13.8. The molecule has 0 aliphatic carbocycles. The molecule has 1 saturated heterocycles. The van der Waals surface area contributed by atoms with Gasteiger partial charge in [0.25, 0.3) is 5.91 Å². The molecule has 0 spiro atoms. The Bertz CT molecular complexity index is 1110. The fourth-order valence-corrected chi connectivity index (χ4v) is 3.54. The van der Waals surface area contributed by atoms with Gasteiger partial charge in [0.05, 0.1) is 19.0 Å². The molecule has 0 radical (unpaired) electrons. The summed E-state index contributed by atoms with van der Waals surface area (Å²) < 4.78 is 5.09. The highest BCUT2D eigenvalue weighted by molar-refractivity contribution is 5.94. The van der Waals surface area contributed by atoms with E-state index in [1.54, 1.807) is 18.2 Å². The summed E-state index contributed by atoms with van der Waals surface area (Å²) in [6.45, 7) is 1.75. The Hall–Kier alpha value is -3.94. The van der Waals surface area contributed by atoms with E-state index >= 15 is 0 Å². The van der Waals surface area contributed by atoms with E-state index in [9.17, 15) is 9.90 Å². The number of phenols is 1. The molecule has 2 aromatic carbocycles. The Morgan fingerprint density at radius 1 is 1.09 bits per heavy atom. The van der Waals surface area contributed by atoms with Crippen LogP contribution in [0.1, 0.15) is 35.3 Å². The van der Waals surface area contributed by atoms with Crippen molar-refractivity contribution in [3.63, 3.8) is 0 Å². The summed E-state index contributed by atoms with van der Waals surface area (Å²) in [7, 11) is 1.47. The molecule has 2 N–H and O–H groups in total. The van der Waals surface area contributed by atoms with Crippen molar-refractivity contribution in [3.05, 3.63) is 65.9 Å². The highest BCUT2D eigenvalue weighted by Crippen LogP contribution is 2.25. The molecular weight excluding hydrogens is 406 g/mol. The standard InChI is InChI=1S/C24H25N5O3/c1-32-22-14-17(10-11-21(22)30)16-25-28-23(31)20-15-19(18-8-4-2-5-9-18)26-24(27-20)29-12-6-3-7-13-29/h2,4-5,8-11,14-16,30H,3,6-7,12-13H2,1H3,(H,28,31)/b25-16+. The number of rotatable bonds is 6. The third kappa shape index (κ3) is 5.03. The van der Waals surface area contributed by atoms with E-state index in [1.165, 1.54) is 25.8 Å². The minimum Gasteiger partial charge on any atom is -0.504 e. The summed E-state index contributed by atoms with van der Waals surface area (Å²) in [5, 5.41) is 13.7. The fourth-order valence-electron chi connectivity index (χ4n) is 3.54. The SMILES string of the molecule is COc1cc(/C=N/NC(=O)c2cc(-c3ccccc3)nc(N3CCCCC3)n2)ccc1O. The summed E-state index contributed by atoms with van der Waals surface area (Å²) in [5.74, 6) is 0.497. The van der Waals surface area contributed by atoms with Crippen LogP contribution in [0.25, 0.3) is 11.3 Å². The van der Waals surface area contributed by atoms with Gasteiger partial charge < -0.3 is 14.7 Å². The van der Waals surface area contributed by atoms with Crippen LogP contribution in [0.4, 0.5) is 5.95 Å². The van der Waals surface area contributed by atoms with Crippen molar-refractivity contribution in [2.75, 3.05) is 25.1 Å². The smallest absolute Gasteiger partial charge is 0.290 e. The highest BCUT2D eigenvalue weighted by Gasteiger charge is 2.18. The van der Waals surface area contributed by atoms with Gasteiger partial charge in [-0.05, 0) is 49.1 Å². The molecule has 0 bridgehead atoms. The minimum atomic E-state index is -0.426. The molecule has 8 heteroatoms. The van der Waals surface area contributed by atoms with Gasteiger partial charge in [-0.1, -0.05) is 30.3 Å². The highest BCUT2D eigenvalue weighted by atomic mass is 16.5. The molecule has 1 aromatic heterocycles. The Morgan fingerprint density at radius 3 is 2.62 bits per heavy atom. The predicted octanol–water partition coefficient (Wildman–Crippen LogP) is 3.61. The lowest BCUT2D eigenvalue weighted by Crippen LogP contribution is -2.32. The molecule has 164 valence electrons. The van der Waals surface area contributed by atoms with E-state index in [4.69, 9.17) is 9.72 Å².